The molecule has 0 radical (unpaired) electrons. The van der Waals surface area contributed by atoms with Crippen molar-refractivity contribution < 1.29 is 17.9 Å². The van der Waals surface area contributed by atoms with Crippen LogP contribution in [0.5, 0.6) is 0 Å². The van der Waals surface area contributed by atoms with Crippen LogP contribution in [-0.4, -0.2) is 26.8 Å². The highest BCUT2D eigenvalue weighted by molar-refractivity contribution is 7.90. The van der Waals surface area contributed by atoms with E-state index in [-0.39, 0.29) is 16.5 Å². The first kappa shape index (κ1) is 16.0. The normalized spacial score (nSPS) is 12.7. The summed E-state index contributed by atoms with van der Waals surface area (Å²) in [6.07, 6.45) is 1.12. The fourth-order valence-corrected chi connectivity index (χ4v) is 2.65. The van der Waals surface area contributed by atoms with Gasteiger partial charge in [-0.05, 0) is 48.5 Å². The van der Waals surface area contributed by atoms with Gasteiger partial charge in [-0.1, -0.05) is 0 Å². The highest BCUT2D eigenvalue weighted by Gasteiger charge is 2.12. The smallest absolute Gasteiger partial charge is 0.175 e. The third-order valence-corrected chi connectivity index (χ3v) is 4.30. The lowest BCUT2D eigenvalue weighted by molar-refractivity contribution is 0.511. The van der Waals surface area contributed by atoms with E-state index < -0.39 is 9.84 Å². The molecule has 4 nitrogen and oxygen atoms in total. The number of benzene rings is 2. The van der Waals surface area contributed by atoms with E-state index in [1.807, 2.05) is 0 Å². The minimum Gasteiger partial charge on any atom is -0.505 e. The Labute approximate surface area is 128 Å². The molecule has 2 aromatic rings. The van der Waals surface area contributed by atoms with E-state index in [4.69, 9.17) is 0 Å². The summed E-state index contributed by atoms with van der Waals surface area (Å²) in [6.45, 7) is 0. The van der Waals surface area contributed by atoms with Gasteiger partial charge in [0.15, 0.2) is 9.84 Å². The lowest BCUT2D eigenvalue weighted by Gasteiger charge is -2.11. The first-order chi connectivity index (χ1) is 10.3. The van der Waals surface area contributed by atoms with Crippen LogP contribution in [-0.2, 0) is 9.84 Å². The number of aliphatic hydroxyl groups excluding tert-OH is 1. The predicted octanol–water partition coefficient (Wildman–Crippen LogP) is 2.83. The Balaban J connectivity index is 2.46. The third kappa shape index (κ3) is 3.46. The molecule has 6 heteroatoms. The number of hydrogen-bond donors (Lipinski definition) is 2. The summed E-state index contributed by atoms with van der Waals surface area (Å²) in [6, 6.07) is 11.6. The molecule has 2 N–H and O–H groups in total. The van der Waals surface area contributed by atoms with Gasteiger partial charge in [0.2, 0.25) is 0 Å². The minimum atomic E-state index is -3.28. The van der Waals surface area contributed by atoms with Gasteiger partial charge in [-0.25, -0.2) is 12.8 Å². The second-order valence-electron chi connectivity index (χ2n) is 4.78. The number of aliphatic hydroxyl groups is 1. The van der Waals surface area contributed by atoms with E-state index in [0.717, 1.165) is 6.26 Å². The molecule has 0 saturated carbocycles. The van der Waals surface area contributed by atoms with Crippen molar-refractivity contribution in [3.05, 3.63) is 65.5 Å². The van der Waals surface area contributed by atoms with Crippen LogP contribution in [0.3, 0.4) is 0 Å². The number of rotatable bonds is 4. The van der Waals surface area contributed by atoms with Crippen molar-refractivity contribution >= 4 is 21.3 Å². The van der Waals surface area contributed by atoms with Crippen molar-refractivity contribution in [1.82, 2.24) is 5.32 Å². The van der Waals surface area contributed by atoms with Crippen LogP contribution in [0.1, 0.15) is 11.1 Å². The summed E-state index contributed by atoms with van der Waals surface area (Å²) in [4.78, 5) is 0.178. The van der Waals surface area contributed by atoms with Crippen LogP contribution in [0.15, 0.2) is 53.4 Å². The van der Waals surface area contributed by atoms with Gasteiger partial charge in [0.25, 0.3) is 0 Å². The first-order valence-corrected chi connectivity index (χ1v) is 8.39. The molecule has 0 amide bonds. The summed E-state index contributed by atoms with van der Waals surface area (Å²) in [5.74, 6) is -0.412. The summed E-state index contributed by atoms with van der Waals surface area (Å²) in [7, 11) is -1.64. The third-order valence-electron chi connectivity index (χ3n) is 3.18. The topological polar surface area (TPSA) is 66.4 Å². The van der Waals surface area contributed by atoms with Crippen molar-refractivity contribution in [2.45, 2.75) is 4.90 Å². The Kier molecular flexibility index (Phi) is 4.51. The zero-order valence-corrected chi connectivity index (χ0v) is 13.0. The maximum absolute atomic E-state index is 13.0. The molecule has 0 unspecified atom stereocenters. The van der Waals surface area contributed by atoms with E-state index in [9.17, 15) is 17.9 Å². The summed E-state index contributed by atoms with van der Waals surface area (Å²) >= 11 is 0. The van der Waals surface area contributed by atoms with Gasteiger partial charge in [-0.15, -0.1) is 0 Å². The van der Waals surface area contributed by atoms with Crippen LogP contribution >= 0.6 is 0 Å². The molecule has 22 heavy (non-hydrogen) atoms. The zero-order chi connectivity index (χ0) is 16.3. The molecule has 2 aromatic carbocycles. The highest BCUT2D eigenvalue weighted by Crippen LogP contribution is 2.23. The van der Waals surface area contributed by atoms with Gasteiger partial charge in [-0.2, -0.15) is 0 Å². The van der Waals surface area contributed by atoms with Crippen molar-refractivity contribution in [1.29, 1.82) is 0 Å². The van der Waals surface area contributed by atoms with Gasteiger partial charge in [0, 0.05) is 24.4 Å². The van der Waals surface area contributed by atoms with Crippen molar-refractivity contribution in [3.63, 3.8) is 0 Å². The Morgan fingerprint density at radius 1 is 1.00 bits per heavy atom. The standard InChI is InChI=1S/C16H16FNO3S/c1-18-15(11-3-7-13(17)8-4-11)16(19)12-5-9-14(10-6-12)22(2,20)21/h3-10,18-19H,1-2H3/b16-15-. The molecule has 0 bridgehead atoms. The van der Waals surface area contributed by atoms with Crippen LogP contribution < -0.4 is 5.32 Å². The molecule has 0 fully saturated rings. The Bertz CT molecular complexity index is 794. The second-order valence-corrected chi connectivity index (χ2v) is 6.79. The van der Waals surface area contributed by atoms with E-state index in [1.165, 1.54) is 36.4 Å². The van der Waals surface area contributed by atoms with Gasteiger partial charge in [0.05, 0.1) is 10.6 Å². The maximum Gasteiger partial charge on any atom is 0.175 e. The van der Waals surface area contributed by atoms with Crippen molar-refractivity contribution in [3.8, 4) is 0 Å². The Morgan fingerprint density at radius 2 is 1.50 bits per heavy atom. The molecular weight excluding hydrogens is 305 g/mol. The second kappa shape index (κ2) is 6.19. The zero-order valence-electron chi connectivity index (χ0n) is 12.2. The van der Waals surface area contributed by atoms with E-state index in [2.05, 4.69) is 5.32 Å². The molecule has 0 heterocycles. The number of nitrogens with one attached hydrogen (secondary N) is 1. The SMILES string of the molecule is CN/C(=C(\O)c1ccc(S(C)(=O)=O)cc1)c1ccc(F)cc1. The predicted molar refractivity (Wildman–Crippen MR) is 84.5 cm³/mol. The lowest BCUT2D eigenvalue weighted by atomic mass is 10.1. The number of hydrogen-bond acceptors (Lipinski definition) is 4. The fraction of sp³-hybridized carbons (Fsp3) is 0.125. The number of sulfone groups is 1. The van der Waals surface area contributed by atoms with Gasteiger partial charge in [0.1, 0.15) is 11.6 Å². The molecule has 0 saturated heterocycles. The molecule has 0 atom stereocenters. The summed E-state index contributed by atoms with van der Waals surface area (Å²) < 4.78 is 35.8. The quantitative estimate of drug-likeness (QED) is 0.671. The molecule has 0 aromatic heterocycles. The molecule has 0 aliphatic heterocycles. The molecule has 116 valence electrons. The van der Waals surface area contributed by atoms with E-state index in [1.54, 1.807) is 19.2 Å². The highest BCUT2D eigenvalue weighted by atomic mass is 32.2. The van der Waals surface area contributed by atoms with Crippen LogP contribution in [0.4, 0.5) is 4.39 Å². The molecule has 0 spiro atoms. The van der Waals surface area contributed by atoms with Crippen LogP contribution in [0.2, 0.25) is 0 Å². The monoisotopic (exact) mass is 321 g/mol. The van der Waals surface area contributed by atoms with Gasteiger partial charge >= 0.3 is 0 Å². The molecule has 2 rings (SSSR count). The average molecular weight is 321 g/mol. The number of halogens is 1. The van der Waals surface area contributed by atoms with Gasteiger partial charge < -0.3 is 10.4 Å². The Hall–Kier alpha value is -2.34. The fourth-order valence-electron chi connectivity index (χ4n) is 2.02. The first-order valence-electron chi connectivity index (χ1n) is 6.50. The minimum absolute atomic E-state index is 0.0471. The average Bonchev–Trinajstić information content (AvgIpc) is 2.49. The van der Waals surface area contributed by atoms with Gasteiger partial charge in [-0.3, -0.25) is 0 Å². The van der Waals surface area contributed by atoms with Crippen molar-refractivity contribution in [2.75, 3.05) is 13.3 Å². The van der Waals surface area contributed by atoms with Crippen LogP contribution in [0.25, 0.3) is 11.5 Å². The molecule has 0 aliphatic carbocycles. The Morgan fingerprint density at radius 3 is 1.95 bits per heavy atom. The largest absolute Gasteiger partial charge is 0.505 e. The molecule has 0 aliphatic rings. The lowest BCUT2D eigenvalue weighted by Crippen LogP contribution is -2.08. The van der Waals surface area contributed by atoms with Crippen molar-refractivity contribution in [2.24, 2.45) is 0 Å². The summed E-state index contributed by atoms with van der Waals surface area (Å²) in [5.41, 5.74) is 1.50. The van der Waals surface area contributed by atoms with E-state index >= 15 is 0 Å². The molecular formula is C16H16FNO3S. The summed E-state index contributed by atoms with van der Waals surface area (Å²) in [5, 5.41) is 13.2. The van der Waals surface area contributed by atoms with Crippen LogP contribution in [0, 0.1) is 5.82 Å². The maximum atomic E-state index is 13.0. The van der Waals surface area contributed by atoms with E-state index in [0.29, 0.717) is 16.8 Å².